The number of nitrogens with zero attached hydrogens (tertiary/aromatic N) is 1. The molecule has 0 saturated carbocycles. The molecule has 0 N–H and O–H groups in total. The molecule has 0 aromatic carbocycles. The zero-order valence-electron chi connectivity index (χ0n) is 7.48. The van der Waals surface area contributed by atoms with E-state index in [1.165, 1.54) is 0 Å². The van der Waals surface area contributed by atoms with Gasteiger partial charge in [-0.15, -0.1) is 6.58 Å². The molecule has 0 bridgehead atoms. The predicted octanol–water partition coefficient (Wildman–Crippen LogP) is 3.25. The first-order valence-corrected chi connectivity index (χ1v) is 5.56. The van der Waals surface area contributed by atoms with Crippen molar-refractivity contribution in [2.45, 2.75) is 16.6 Å². The quantitative estimate of drug-likeness (QED) is 0.531. The first-order valence-electron chi connectivity index (χ1n) is 4.43. The van der Waals surface area contributed by atoms with Crippen LogP contribution < -0.4 is 0 Å². The van der Waals surface area contributed by atoms with Crippen molar-refractivity contribution in [3.8, 4) is 0 Å². The number of halogens is 3. The Balaban J connectivity index is 2.29. The minimum atomic E-state index is -1.14. The average Bonchev–Trinajstić information content (AvgIpc) is 2.03. The molecular formula is C9H14Cl3N. The van der Waals surface area contributed by atoms with Gasteiger partial charge in [0.1, 0.15) is 0 Å². The Bertz CT molecular complexity index is 168. The Kier molecular flexibility index (Phi) is 4.37. The molecule has 0 amide bonds. The van der Waals surface area contributed by atoms with Crippen LogP contribution in [0.1, 0.15) is 12.8 Å². The highest BCUT2D eigenvalue weighted by Crippen LogP contribution is 2.29. The fourth-order valence-electron chi connectivity index (χ4n) is 1.60. The summed E-state index contributed by atoms with van der Waals surface area (Å²) >= 11 is 17.1. The van der Waals surface area contributed by atoms with Crippen molar-refractivity contribution in [2.24, 2.45) is 5.92 Å². The third-order valence-corrected chi connectivity index (χ3v) is 2.73. The van der Waals surface area contributed by atoms with E-state index in [2.05, 4.69) is 11.5 Å². The fourth-order valence-corrected chi connectivity index (χ4v) is 2.11. The van der Waals surface area contributed by atoms with E-state index in [-0.39, 0.29) is 0 Å². The van der Waals surface area contributed by atoms with Gasteiger partial charge in [0.25, 0.3) is 0 Å². The molecule has 0 aromatic rings. The van der Waals surface area contributed by atoms with E-state index >= 15 is 0 Å². The summed E-state index contributed by atoms with van der Waals surface area (Å²) < 4.78 is -1.14. The number of piperidine rings is 1. The maximum absolute atomic E-state index is 5.71. The number of rotatable bonds is 2. The van der Waals surface area contributed by atoms with Crippen molar-refractivity contribution < 1.29 is 0 Å². The highest BCUT2D eigenvalue weighted by molar-refractivity contribution is 6.67. The normalized spacial score (nSPS) is 21.8. The molecule has 1 aliphatic rings. The zero-order chi connectivity index (χ0) is 9.90. The van der Waals surface area contributed by atoms with Crippen LogP contribution in [0.15, 0.2) is 12.7 Å². The summed E-state index contributed by atoms with van der Waals surface area (Å²) in [5.41, 5.74) is 0. The van der Waals surface area contributed by atoms with E-state index < -0.39 is 3.79 Å². The van der Waals surface area contributed by atoms with Crippen LogP contribution in [0.3, 0.4) is 0 Å². The van der Waals surface area contributed by atoms with E-state index in [0.717, 1.165) is 25.9 Å². The Labute approximate surface area is 94.6 Å². The monoisotopic (exact) mass is 241 g/mol. The number of alkyl halides is 3. The van der Waals surface area contributed by atoms with Crippen molar-refractivity contribution >= 4 is 34.8 Å². The highest BCUT2D eigenvalue weighted by Gasteiger charge is 2.26. The second-order valence-electron chi connectivity index (χ2n) is 3.46. The van der Waals surface area contributed by atoms with Crippen LogP contribution in [0, 0.1) is 5.92 Å². The molecule has 13 heavy (non-hydrogen) atoms. The summed E-state index contributed by atoms with van der Waals surface area (Å²) in [7, 11) is 0. The smallest absolute Gasteiger partial charge is 0.203 e. The van der Waals surface area contributed by atoms with Gasteiger partial charge in [0.15, 0.2) is 0 Å². The van der Waals surface area contributed by atoms with Gasteiger partial charge in [-0.25, -0.2) is 0 Å². The van der Waals surface area contributed by atoms with Crippen LogP contribution in [-0.2, 0) is 0 Å². The van der Waals surface area contributed by atoms with Gasteiger partial charge in [0, 0.05) is 6.54 Å². The Hall–Kier alpha value is 0.570. The van der Waals surface area contributed by atoms with Gasteiger partial charge in [-0.3, -0.25) is 4.90 Å². The van der Waals surface area contributed by atoms with Crippen molar-refractivity contribution in [3.63, 3.8) is 0 Å². The van der Waals surface area contributed by atoms with Gasteiger partial charge in [0.2, 0.25) is 3.79 Å². The lowest BCUT2D eigenvalue weighted by atomic mass is 9.97. The maximum atomic E-state index is 5.71. The largest absolute Gasteiger partial charge is 0.299 e. The summed E-state index contributed by atoms with van der Waals surface area (Å²) in [5.74, 6) is 0.645. The molecule has 1 fully saturated rings. The van der Waals surface area contributed by atoms with E-state index in [4.69, 9.17) is 34.8 Å². The first-order chi connectivity index (χ1) is 6.01. The molecule has 1 nitrogen and oxygen atoms in total. The van der Waals surface area contributed by atoms with Gasteiger partial charge in [-0.05, 0) is 31.8 Å². The SMILES string of the molecule is C=CC1CCN(CC(Cl)(Cl)Cl)CC1. The fraction of sp³-hybridized carbons (Fsp3) is 0.778. The summed E-state index contributed by atoms with van der Waals surface area (Å²) in [5, 5.41) is 0. The third kappa shape index (κ3) is 4.55. The zero-order valence-corrected chi connectivity index (χ0v) is 9.75. The van der Waals surface area contributed by atoms with Gasteiger partial charge >= 0.3 is 0 Å². The van der Waals surface area contributed by atoms with Crippen LogP contribution in [0.5, 0.6) is 0 Å². The minimum absolute atomic E-state index is 0.529. The second-order valence-corrected chi connectivity index (χ2v) is 5.98. The molecule has 76 valence electrons. The molecule has 0 aromatic heterocycles. The summed E-state index contributed by atoms with van der Waals surface area (Å²) in [6.07, 6.45) is 4.28. The summed E-state index contributed by atoms with van der Waals surface area (Å²) in [6.45, 7) is 6.33. The topological polar surface area (TPSA) is 3.24 Å². The van der Waals surface area contributed by atoms with Crippen LogP contribution in [0.25, 0.3) is 0 Å². The van der Waals surface area contributed by atoms with Crippen molar-refractivity contribution in [2.75, 3.05) is 19.6 Å². The maximum Gasteiger partial charge on any atom is 0.203 e. The Morgan fingerprint density at radius 3 is 2.23 bits per heavy atom. The third-order valence-electron chi connectivity index (χ3n) is 2.37. The average molecular weight is 243 g/mol. The van der Waals surface area contributed by atoms with Crippen LogP contribution >= 0.6 is 34.8 Å². The molecule has 1 heterocycles. The van der Waals surface area contributed by atoms with E-state index in [1.54, 1.807) is 0 Å². The summed E-state index contributed by atoms with van der Waals surface area (Å²) in [6, 6.07) is 0. The molecule has 1 saturated heterocycles. The van der Waals surface area contributed by atoms with Gasteiger partial charge in [-0.1, -0.05) is 40.9 Å². The minimum Gasteiger partial charge on any atom is -0.299 e. The molecular weight excluding hydrogens is 228 g/mol. The van der Waals surface area contributed by atoms with Crippen molar-refractivity contribution in [1.29, 1.82) is 0 Å². The van der Waals surface area contributed by atoms with Gasteiger partial charge in [-0.2, -0.15) is 0 Å². The van der Waals surface area contributed by atoms with Crippen molar-refractivity contribution in [1.82, 2.24) is 4.90 Å². The van der Waals surface area contributed by atoms with Gasteiger partial charge in [0.05, 0.1) is 0 Å². The summed E-state index contributed by atoms with van der Waals surface area (Å²) in [4.78, 5) is 2.19. The Morgan fingerprint density at radius 1 is 1.31 bits per heavy atom. The standard InChI is InChI=1S/C9H14Cl3N/c1-2-8-3-5-13(6-4-8)7-9(10,11)12/h2,8H,1,3-7H2. The molecule has 0 aliphatic carbocycles. The molecule has 0 radical (unpaired) electrons. The van der Waals surface area contributed by atoms with Crippen LogP contribution in [0.2, 0.25) is 0 Å². The van der Waals surface area contributed by atoms with Crippen molar-refractivity contribution in [3.05, 3.63) is 12.7 Å². The molecule has 0 atom stereocenters. The second kappa shape index (κ2) is 4.88. The molecule has 0 unspecified atom stereocenters. The lowest BCUT2D eigenvalue weighted by molar-refractivity contribution is 0.207. The van der Waals surface area contributed by atoms with E-state index in [0.29, 0.717) is 12.5 Å². The molecule has 1 aliphatic heterocycles. The number of likely N-dealkylation sites (tertiary alicyclic amines) is 1. The number of allylic oxidation sites excluding steroid dienone is 1. The highest BCUT2D eigenvalue weighted by atomic mass is 35.6. The molecule has 4 heteroatoms. The molecule has 1 rings (SSSR count). The van der Waals surface area contributed by atoms with E-state index in [9.17, 15) is 0 Å². The first kappa shape index (κ1) is 11.6. The Morgan fingerprint density at radius 2 is 1.85 bits per heavy atom. The predicted molar refractivity (Wildman–Crippen MR) is 59.7 cm³/mol. The van der Waals surface area contributed by atoms with E-state index in [1.807, 2.05) is 6.08 Å². The van der Waals surface area contributed by atoms with Crippen LogP contribution in [0.4, 0.5) is 0 Å². The van der Waals surface area contributed by atoms with Crippen LogP contribution in [-0.4, -0.2) is 28.3 Å². The van der Waals surface area contributed by atoms with Gasteiger partial charge < -0.3 is 0 Å². The lowest BCUT2D eigenvalue weighted by Gasteiger charge is -2.32. The lowest BCUT2D eigenvalue weighted by Crippen LogP contribution is -2.38. The number of hydrogen-bond donors (Lipinski definition) is 0. The number of hydrogen-bond acceptors (Lipinski definition) is 1. The molecule has 0 spiro atoms.